The molecule has 0 bridgehead atoms. The predicted octanol–water partition coefficient (Wildman–Crippen LogP) is 1.19. The van der Waals surface area contributed by atoms with Gasteiger partial charge in [0.2, 0.25) is 0 Å². The predicted molar refractivity (Wildman–Crippen MR) is 78.1 cm³/mol. The van der Waals surface area contributed by atoms with Gasteiger partial charge in [-0.1, -0.05) is 0 Å². The molecule has 0 radical (unpaired) electrons. The fourth-order valence-corrected chi connectivity index (χ4v) is 1.94. The average molecular weight is 311 g/mol. The van der Waals surface area contributed by atoms with Crippen LogP contribution in [0.3, 0.4) is 0 Å². The lowest BCUT2D eigenvalue weighted by Gasteiger charge is -2.13. The number of esters is 1. The van der Waals surface area contributed by atoms with Crippen molar-refractivity contribution in [3.8, 4) is 0 Å². The van der Waals surface area contributed by atoms with Crippen LogP contribution in [0.2, 0.25) is 0 Å². The second-order valence-electron chi connectivity index (χ2n) is 3.96. The van der Waals surface area contributed by atoms with Crippen LogP contribution < -0.4 is 10.6 Å². The Balaban J connectivity index is 2.65. The molecule has 1 aromatic rings. The fraction of sp³-hybridized carbons (Fsp3) is 0.385. The highest BCUT2D eigenvalue weighted by Gasteiger charge is 2.22. The third kappa shape index (κ3) is 5.07. The number of ether oxygens (including phenoxy) is 1. The third-order valence-electron chi connectivity index (χ3n) is 2.41. The zero-order chi connectivity index (χ0) is 15.8. The van der Waals surface area contributed by atoms with Crippen LogP contribution in [0.4, 0.5) is 4.79 Å². The summed E-state index contributed by atoms with van der Waals surface area (Å²) in [6.45, 7) is 3.50. The Kier molecular flexibility index (Phi) is 6.67. The summed E-state index contributed by atoms with van der Waals surface area (Å²) >= 11 is 1.30. The summed E-state index contributed by atoms with van der Waals surface area (Å²) in [6, 6.07) is 2.54. The number of amides is 3. The highest BCUT2D eigenvalue weighted by atomic mass is 32.2. The number of thioether (sulfide) groups is 1. The van der Waals surface area contributed by atoms with Crippen LogP contribution in [-0.2, 0) is 9.53 Å². The number of carbonyl (C=O) groups excluding carboxylic acids is 3. The van der Waals surface area contributed by atoms with E-state index < -0.39 is 24.0 Å². The van der Waals surface area contributed by atoms with E-state index in [9.17, 15) is 14.4 Å². The summed E-state index contributed by atoms with van der Waals surface area (Å²) in [4.78, 5) is 38.9. The lowest BCUT2D eigenvalue weighted by atomic mass is 10.3. The van der Waals surface area contributed by atoms with Gasteiger partial charge in [0, 0.05) is 12.7 Å². The van der Waals surface area contributed by atoms with E-state index in [1.807, 2.05) is 0 Å². The number of urea groups is 1. The Bertz CT molecular complexity index is 536. The Morgan fingerprint density at radius 2 is 2.14 bits per heavy atom. The van der Waals surface area contributed by atoms with Crippen LogP contribution >= 0.6 is 11.8 Å². The van der Waals surface area contributed by atoms with Gasteiger partial charge in [0.15, 0.2) is 6.10 Å². The molecule has 0 aromatic carbocycles. The number of rotatable bonds is 5. The Morgan fingerprint density at radius 1 is 1.43 bits per heavy atom. The quantitative estimate of drug-likeness (QED) is 0.626. The van der Waals surface area contributed by atoms with E-state index in [0.717, 1.165) is 0 Å². The minimum absolute atomic E-state index is 0.280. The van der Waals surface area contributed by atoms with Crippen molar-refractivity contribution >= 4 is 29.7 Å². The SMILES string of the molecule is CCNC(=O)NC(=O)[C@H](C)OC(=O)c1cccnc1SC. The maximum Gasteiger partial charge on any atom is 0.341 e. The van der Waals surface area contributed by atoms with Gasteiger partial charge in [0.05, 0.1) is 5.56 Å². The van der Waals surface area contributed by atoms with E-state index in [1.54, 1.807) is 31.5 Å². The molecule has 0 fully saturated rings. The maximum atomic E-state index is 12.0. The molecule has 1 aromatic heterocycles. The first kappa shape index (κ1) is 17.0. The molecule has 3 amide bonds. The standard InChI is InChI=1S/C13H17N3O4S/c1-4-14-13(19)16-10(17)8(2)20-12(18)9-6-5-7-15-11(9)21-3/h5-8H,4H2,1-3H3,(H2,14,16,17,19)/t8-/m0/s1. The molecule has 0 saturated carbocycles. The van der Waals surface area contributed by atoms with Crippen LogP contribution in [0, 0.1) is 0 Å². The maximum absolute atomic E-state index is 12.0. The second kappa shape index (κ2) is 8.25. The number of nitrogens with zero attached hydrogens (tertiary/aromatic N) is 1. The van der Waals surface area contributed by atoms with Gasteiger partial charge < -0.3 is 10.1 Å². The molecule has 0 aliphatic carbocycles. The van der Waals surface area contributed by atoms with E-state index in [4.69, 9.17) is 4.74 Å². The van der Waals surface area contributed by atoms with Gasteiger partial charge in [0.1, 0.15) is 5.03 Å². The molecule has 0 aliphatic heterocycles. The summed E-state index contributed by atoms with van der Waals surface area (Å²) in [6.07, 6.45) is 2.26. The van der Waals surface area contributed by atoms with Crippen molar-refractivity contribution in [1.82, 2.24) is 15.6 Å². The Hall–Kier alpha value is -2.09. The minimum atomic E-state index is -1.09. The highest BCUT2D eigenvalue weighted by Crippen LogP contribution is 2.18. The van der Waals surface area contributed by atoms with Crippen LogP contribution in [0.15, 0.2) is 23.4 Å². The smallest absolute Gasteiger partial charge is 0.341 e. The number of hydrogen-bond donors (Lipinski definition) is 2. The molecule has 0 unspecified atom stereocenters. The number of imide groups is 1. The van der Waals surface area contributed by atoms with E-state index in [2.05, 4.69) is 15.6 Å². The van der Waals surface area contributed by atoms with E-state index in [0.29, 0.717) is 11.6 Å². The third-order valence-corrected chi connectivity index (χ3v) is 3.12. The normalized spacial score (nSPS) is 11.4. The summed E-state index contributed by atoms with van der Waals surface area (Å²) in [7, 11) is 0. The van der Waals surface area contributed by atoms with Crippen molar-refractivity contribution < 1.29 is 19.1 Å². The van der Waals surface area contributed by atoms with Crippen LogP contribution in [0.5, 0.6) is 0 Å². The molecule has 7 nitrogen and oxygen atoms in total. The topological polar surface area (TPSA) is 97.4 Å². The molecule has 1 heterocycles. The monoisotopic (exact) mass is 311 g/mol. The number of aromatic nitrogens is 1. The molecule has 0 spiro atoms. The van der Waals surface area contributed by atoms with Gasteiger partial charge in [-0.3, -0.25) is 10.1 Å². The van der Waals surface area contributed by atoms with Crippen molar-refractivity contribution in [1.29, 1.82) is 0 Å². The molecular formula is C13H17N3O4S. The highest BCUT2D eigenvalue weighted by molar-refractivity contribution is 7.98. The molecule has 2 N–H and O–H groups in total. The minimum Gasteiger partial charge on any atom is -0.449 e. The van der Waals surface area contributed by atoms with Gasteiger partial charge in [-0.25, -0.2) is 14.6 Å². The summed E-state index contributed by atoms with van der Waals surface area (Å²) < 4.78 is 5.04. The van der Waals surface area contributed by atoms with E-state index in [1.165, 1.54) is 18.7 Å². The first-order chi connectivity index (χ1) is 9.99. The Labute approximate surface area is 126 Å². The molecule has 1 atom stereocenters. The van der Waals surface area contributed by atoms with Gasteiger partial charge in [0.25, 0.3) is 5.91 Å². The molecule has 0 saturated heterocycles. The number of pyridine rings is 1. The van der Waals surface area contributed by atoms with Crippen LogP contribution in [0.1, 0.15) is 24.2 Å². The van der Waals surface area contributed by atoms with Gasteiger partial charge in [-0.2, -0.15) is 0 Å². The summed E-state index contributed by atoms with van der Waals surface area (Å²) in [5.41, 5.74) is 0.280. The van der Waals surface area contributed by atoms with Gasteiger partial charge >= 0.3 is 12.0 Å². The van der Waals surface area contributed by atoms with Crippen LogP contribution in [-0.4, -0.2) is 41.8 Å². The van der Waals surface area contributed by atoms with Crippen molar-refractivity contribution in [2.75, 3.05) is 12.8 Å². The average Bonchev–Trinajstić information content (AvgIpc) is 2.47. The molecule has 0 aliphatic rings. The van der Waals surface area contributed by atoms with Crippen LogP contribution in [0.25, 0.3) is 0 Å². The zero-order valence-electron chi connectivity index (χ0n) is 12.0. The van der Waals surface area contributed by atoms with Gasteiger partial charge in [-0.05, 0) is 32.2 Å². The van der Waals surface area contributed by atoms with Crippen molar-refractivity contribution in [2.24, 2.45) is 0 Å². The summed E-state index contributed by atoms with van der Waals surface area (Å²) in [5.74, 6) is -1.35. The van der Waals surface area contributed by atoms with Crippen molar-refractivity contribution in [2.45, 2.75) is 25.0 Å². The van der Waals surface area contributed by atoms with Crippen molar-refractivity contribution in [3.05, 3.63) is 23.9 Å². The molecule has 8 heteroatoms. The van der Waals surface area contributed by atoms with E-state index in [-0.39, 0.29) is 5.56 Å². The number of carbonyl (C=O) groups is 3. The van der Waals surface area contributed by atoms with Crippen molar-refractivity contribution in [3.63, 3.8) is 0 Å². The number of nitrogens with one attached hydrogen (secondary N) is 2. The molecular weight excluding hydrogens is 294 g/mol. The zero-order valence-corrected chi connectivity index (χ0v) is 12.8. The molecule has 1 rings (SSSR count). The first-order valence-corrected chi connectivity index (χ1v) is 7.50. The lowest BCUT2D eigenvalue weighted by molar-refractivity contribution is -0.127. The van der Waals surface area contributed by atoms with Gasteiger partial charge in [-0.15, -0.1) is 11.8 Å². The van der Waals surface area contributed by atoms with E-state index >= 15 is 0 Å². The number of hydrogen-bond acceptors (Lipinski definition) is 6. The Morgan fingerprint density at radius 3 is 2.76 bits per heavy atom. The molecule has 21 heavy (non-hydrogen) atoms. The summed E-state index contributed by atoms with van der Waals surface area (Å²) in [5, 5.41) is 5.00. The lowest BCUT2D eigenvalue weighted by Crippen LogP contribution is -2.44. The molecule has 114 valence electrons. The fourth-order valence-electron chi connectivity index (χ4n) is 1.40. The first-order valence-electron chi connectivity index (χ1n) is 6.28. The largest absolute Gasteiger partial charge is 0.449 e. The second-order valence-corrected chi connectivity index (χ2v) is 4.75.